The first-order valence-corrected chi connectivity index (χ1v) is 11.0. The van der Waals surface area contributed by atoms with Gasteiger partial charge < -0.3 is 14.2 Å². The molecule has 0 atom stereocenters. The first-order chi connectivity index (χ1) is 15.7. The zero-order valence-electron chi connectivity index (χ0n) is 18.1. The average molecular weight is 431 g/mol. The van der Waals surface area contributed by atoms with Crippen molar-refractivity contribution >= 4 is 11.6 Å². The number of carbonyl (C=O) groups is 1. The van der Waals surface area contributed by atoms with Crippen LogP contribution in [0.1, 0.15) is 52.0 Å². The normalized spacial score (nSPS) is 15.3. The Morgan fingerprint density at radius 1 is 1.22 bits per heavy atom. The standard InChI is InChI=1S/C24H26N6O2/c1-17-21(30-10-3-2-6-23(30)27-17)16-29-11-7-19(8-12-29)20-13-22(32-28-20)24(31)26-15-18-5-4-9-25-14-18/h2-6,9-10,13-14,19H,7-8,11-12,15-16H2,1H3,(H,26,31). The lowest BCUT2D eigenvalue weighted by molar-refractivity contribution is 0.0913. The van der Waals surface area contributed by atoms with Gasteiger partial charge in [0.25, 0.3) is 5.91 Å². The van der Waals surface area contributed by atoms with Gasteiger partial charge in [0.15, 0.2) is 0 Å². The fourth-order valence-corrected chi connectivity index (χ4v) is 4.31. The van der Waals surface area contributed by atoms with Crippen molar-refractivity contribution in [3.63, 3.8) is 0 Å². The number of piperidine rings is 1. The van der Waals surface area contributed by atoms with Gasteiger partial charge in [-0.2, -0.15) is 0 Å². The van der Waals surface area contributed by atoms with Crippen LogP contribution in [-0.4, -0.2) is 43.4 Å². The minimum absolute atomic E-state index is 0.256. The number of rotatable bonds is 6. The van der Waals surface area contributed by atoms with E-state index in [4.69, 9.17) is 4.52 Å². The van der Waals surface area contributed by atoms with Gasteiger partial charge in [-0.15, -0.1) is 0 Å². The Kier molecular flexibility index (Phi) is 5.68. The maximum atomic E-state index is 12.4. The van der Waals surface area contributed by atoms with Crippen LogP contribution in [0.25, 0.3) is 5.65 Å². The number of pyridine rings is 2. The minimum Gasteiger partial charge on any atom is -0.351 e. The molecule has 4 aromatic heterocycles. The van der Waals surface area contributed by atoms with Crippen LogP contribution >= 0.6 is 0 Å². The van der Waals surface area contributed by atoms with Gasteiger partial charge in [-0.05, 0) is 56.6 Å². The van der Waals surface area contributed by atoms with Gasteiger partial charge in [0.05, 0.1) is 17.1 Å². The van der Waals surface area contributed by atoms with Gasteiger partial charge >= 0.3 is 0 Å². The van der Waals surface area contributed by atoms with Crippen LogP contribution in [0.2, 0.25) is 0 Å². The summed E-state index contributed by atoms with van der Waals surface area (Å²) in [5, 5.41) is 7.04. The molecule has 1 fully saturated rings. The van der Waals surface area contributed by atoms with Crippen LogP contribution in [0.4, 0.5) is 0 Å². The van der Waals surface area contributed by atoms with Crippen molar-refractivity contribution in [2.75, 3.05) is 13.1 Å². The van der Waals surface area contributed by atoms with Crippen LogP contribution in [-0.2, 0) is 13.1 Å². The molecule has 0 unspecified atom stereocenters. The Hall–Kier alpha value is -3.52. The number of nitrogens with zero attached hydrogens (tertiary/aromatic N) is 5. The highest BCUT2D eigenvalue weighted by Gasteiger charge is 2.25. The summed E-state index contributed by atoms with van der Waals surface area (Å²) >= 11 is 0. The molecule has 32 heavy (non-hydrogen) atoms. The highest BCUT2D eigenvalue weighted by atomic mass is 16.5. The highest BCUT2D eigenvalue weighted by Crippen LogP contribution is 2.29. The Bertz CT molecular complexity index is 1210. The monoisotopic (exact) mass is 430 g/mol. The van der Waals surface area contributed by atoms with Crippen molar-refractivity contribution in [2.45, 2.75) is 38.8 Å². The molecule has 1 saturated heterocycles. The first-order valence-electron chi connectivity index (χ1n) is 11.0. The summed E-state index contributed by atoms with van der Waals surface area (Å²) in [6.07, 6.45) is 7.48. The van der Waals surface area contributed by atoms with Crippen LogP contribution < -0.4 is 5.32 Å². The number of hydrogen-bond acceptors (Lipinski definition) is 6. The number of nitrogens with one attached hydrogen (secondary N) is 1. The quantitative estimate of drug-likeness (QED) is 0.505. The molecule has 4 aromatic rings. The third-order valence-corrected chi connectivity index (χ3v) is 6.14. The molecule has 8 nitrogen and oxygen atoms in total. The van der Waals surface area contributed by atoms with Crippen LogP contribution in [0.15, 0.2) is 59.5 Å². The minimum atomic E-state index is -0.256. The molecule has 0 bridgehead atoms. The fraction of sp³-hybridized carbons (Fsp3) is 0.333. The van der Waals surface area contributed by atoms with Crippen molar-refractivity contribution in [3.05, 3.63) is 83.4 Å². The topological polar surface area (TPSA) is 88.6 Å². The maximum Gasteiger partial charge on any atom is 0.290 e. The van der Waals surface area contributed by atoms with Crippen molar-refractivity contribution in [1.29, 1.82) is 0 Å². The molecule has 1 aliphatic heterocycles. The van der Waals surface area contributed by atoms with Gasteiger partial charge in [-0.3, -0.25) is 14.7 Å². The summed E-state index contributed by atoms with van der Waals surface area (Å²) in [4.78, 5) is 23.6. The van der Waals surface area contributed by atoms with Crippen molar-refractivity contribution in [1.82, 2.24) is 29.7 Å². The van der Waals surface area contributed by atoms with E-state index in [9.17, 15) is 4.79 Å². The van der Waals surface area contributed by atoms with Gasteiger partial charge in [0, 0.05) is 43.7 Å². The Morgan fingerprint density at radius 3 is 2.91 bits per heavy atom. The predicted molar refractivity (Wildman–Crippen MR) is 119 cm³/mol. The third-order valence-electron chi connectivity index (χ3n) is 6.14. The summed E-state index contributed by atoms with van der Waals surface area (Å²) in [5.74, 6) is 0.305. The summed E-state index contributed by atoms with van der Waals surface area (Å²) in [7, 11) is 0. The smallest absolute Gasteiger partial charge is 0.290 e. The molecule has 1 aliphatic rings. The lowest BCUT2D eigenvalue weighted by Crippen LogP contribution is -2.33. The van der Waals surface area contributed by atoms with Crippen LogP contribution in [0, 0.1) is 6.92 Å². The zero-order valence-corrected chi connectivity index (χ0v) is 18.1. The molecule has 0 spiro atoms. The van der Waals surface area contributed by atoms with E-state index in [2.05, 4.69) is 42.9 Å². The van der Waals surface area contributed by atoms with Crippen molar-refractivity contribution < 1.29 is 9.32 Å². The second-order valence-corrected chi connectivity index (χ2v) is 8.28. The molecule has 5 heterocycles. The zero-order chi connectivity index (χ0) is 21.9. The van der Waals surface area contributed by atoms with Crippen LogP contribution in [0.5, 0.6) is 0 Å². The first kappa shape index (κ1) is 20.4. The summed E-state index contributed by atoms with van der Waals surface area (Å²) < 4.78 is 7.52. The van der Waals surface area contributed by atoms with E-state index in [1.165, 1.54) is 5.69 Å². The Labute approximate surface area is 186 Å². The predicted octanol–water partition coefficient (Wildman–Crippen LogP) is 3.34. The van der Waals surface area contributed by atoms with E-state index in [1.54, 1.807) is 18.5 Å². The summed E-state index contributed by atoms with van der Waals surface area (Å²) in [6, 6.07) is 11.6. The number of fused-ring (bicyclic) bond motifs is 1. The fourth-order valence-electron chi connectivity index (χ4n) is 4.31. The average Bonchev–Trinajstić information content (AvgIpc) is 3.44. The van der Waals surface area contributed by atoms with E-state index < -0.39 is 0 Å². The molecule has 0 aliphatic carbocycles. The van der Waals surface area contributed by atoms with E-state index in [0.717, 1.165) is 55.1 Å². The number of aryl methyl sites for hydroxylation is 1. The number of carbonyl (C=O) groups excluding carboxylic acids is 1. The highest BCUT2D eigenvalue weighted by molar-refractivity contribution is 5.91. The molecule has 0 radical (unpaired) electrons. The number of aromatic nitrogens is 4. The van der Waals surface area contributed by atoms with Gasteiger partial charge in [-0.1, -0.05) is 17.3 Å². The van der Waals surface area contributed by atoms with E-state index in [-0.39, 0.29) is 11.7 Å². The largest absolute Gasteiger partial charge is 0.351 e. The Morgan fingerprint density at radius 2 is 2.09 bits per heavy atom. The lowest BCUT2D eigenvalue weighted by atomic mass is 9.93. The lowest BCUT2D eigenvalue weighted by Gasteiger charge is -2.30. The molecular weight excluding hydrogens is 404 g/mol. The molecule has 0 saturated carbocycles. The van der Waals surface area contributed by atoms with Gasteiger partial charge in [-0.25, -0.2) is 4.98 Å². The SMILES string of the molecule is Cc1nc2ccccn2c1CN1CCC(c2cc(C(=O)NCc3cccnc3)on2)CC1. The van der Waals surface area contributed by atoms with E-state index in [1.807, 2.05) is 30.3 Å². The number of hydrogen-bond donors (Lipinski definition) is 1. The molecule has 0 aromatic carbocycles. The van der Waals surface area contributed by atoms with Crippen molar-refractivity contribution in [3.8, 4) is 0 Å². The van der Waals surface area contributed by atoms with Gasteiger partial charge in [0.1, 0.15) is 5.65 Å². The molecule has 164 valence electrons. The third kappa shape index (κ3) is 4.27. The second-order valence-electron chi connectivity index (χ2n) is 8.28. The number of imidazole rings is 1. The van der Waals surface area contributed by atoms with Gasteiger partial charge in [0.2, 0.25) is 5.76 Å². The second kappa shape index (κ2) is 8.92. The number of likely N-dealkylation sites (tertiary alicyclic amines) is 1. The molecule has 8 heteroatoms. The summed E-state index contributed by atoms with van der Waals surface area (Å²) in [5.41, 5.74) is 5.12. The Balaban J connectivity index is 1.16. The maximum absolute atomic E-state index is 12.4. The number of amides is 1. The molecule has 5 rings (SSSR count). The van der Waals surface area contributed by atoms with Crippen LogP contribution in [0.3, 0.4) is 0 Å². The van der Waals surface area contributed by atoms with E-state index >= 15 is 0 Å². The molecule has 1 N–H and O–H groups in total. The molecular formula is C24H26N6O2. The summed E-state index contributed by atoms with van der Waals surface area (Å²) in [6.45, 7) is 5.30. The van der Waals surface area contributed by atoms with E-state index in [0.29, 0.717) is 12.5 Å². The molecule has 1 amide bonds. The van der Waals surface area contributed by atoms with Crippen molar-refractivity contribution in [2.24, 2.45) is 0 Å².